The molecule has 0 aliphatic heterocycles. The second kappa shape index (κ2) is 5.07. The zero-order valence-electron chi connectivity index (χ0n) is 8.92. The van der Waals surface area contributed by atoms with Crippen LogP contribution in [0.3, 0.4) is 0 Å². The summed E-state index contributed by atoms with van der Waals surface area (Å²) in [6.45, 7) is -1.22. The summed E-state index contributed by atoms with van der Waals surface area (Å²) in [5, 5.41) is 8.71. The predicted octanol–water partition coefficient (Wildman–Crippen LogP) is 2.16. The maximum Gasteiger partial charge on any atom is 0.574 e. The molecule has 100 valence electrons. The molecule has 5 nitrogen and oxygen atoms in total. The van der Waals surface area contributed by atoms with Gasteiger partial charge in [-0.3, -0.25) is 0 Å². The maximum atomic E-state index is 12.5. The van der Waals surface area contributed by atoms with Gasteiger partial charge in [0.25, 0.3) is 0 Å². The number of halogens is 4. The number of ether oxygens (including phenoxy) is 2. The molecule has 0 fully saturated rings. The molecule has 1 aromatic rings. The normalized spacial score (nSPS) is 11.2. The van der Waals surface area contributed by atoms with E-state index in [2.05, 4.69) is 14.5 Å². The number of methoxy groups -OCH3 is 1. The molecule has 0 atom stereocenters. The summed E-state index contributed by atoms with van der Waals surface area (Å²) < 4.78 is 56.6. The van der Waals surface area contributed by atoms with Gasteiger partial charge in [-0.2, -0.15) is 0 Å². The highest BCUT2D eigenvalue weighted by Crippen LogP contribution is 2.30. The van der Waals surface area contributed by atoms with E-state index in [0.29, 0.717) is 6.07 Å². The first-order chi connectivity index (χ1) is 8.28. The molecule has 1 heterocycles. The molecule has 0 aromatic carbocycles. The van der Waals surface area contributed by atoms with E-state index in [9.17, 15) is 22.4 Å². The SMILES string of the molecule is COc1cc(C(=O)O)c(OC(F)(F)F)nc1CF. The van der Waals surface area contributed by atoms with Gasteiger partial charge in [0.2, 0.25) is 5.88 Å². The van der Waals surface area contributed by atoms with Crippen LogP contribution in [0.1, 0.15) is 16.1 Å². The number of alkyl halides is 4. The van der Waals surface area contributed by atoms with Crippen LogP contribution in [-0.4, -0.2) is 29.5 Å². The fourth-order valence-electron chi connectivity index (χ4n) is 1.13. The summed E-state index contributed by atoms with van der Waals surface area (Å²) in [6, 6.07) is 0.714. The van der Waals surface area contributed by atoms with Crippen LogP contribution in [-0.2, 0) is 6.67 Å². The van der Waals surface area contributed by atoms with Gasteiger partial charge in [-0.15, -0.1) is 13.2 Å². The van der Waals surface area contributed by atoms with E-state index in [0.717, 1.165) is 7.11 Å². The zero-order valence-corrected chi connectivity index (χ0v) is 8.92. The second-order valence-electron chi connectivity index (χ2n) is 2.98. The third kappa shape index (κ3) is 3.22. The molecular weight excluding hydrogens is 262 g/mol. The van der Waals surface area contributed by atoms with Gasteiger partial charge < -0.3 is 14.6 Å². The molecule has 0 unspecified atom stereocenters. The van der Waals surface area contributed by atoms with E-state index >= 15 is 0 Å². The van der Waals surface area contributed by atoms with Crippen LogP contribution < -0.4 is 9.47 Å². The van der Waals surface area contributed by atoms with Crippen molar-refractivity contribution in [2.75, 3.05) is 7.11 Å². The van der Waals surface area contributed by atoms with Gasteiger partial charge in [0.15, 0.2) is 0 Å². The van der Waals surface area contributed by atoms with E-state index < -0.39 is 36.1 Å². The number of carbonyl (C=O) groups is 1. The van der Waals surface area contributed by atoms with Gasteiger partial charge in [0.05, 0.1) is 7.11 Å². The zero-order chi connectivity index (χ0) is 13.9. The Balaban J connectivity index is 3.33. The molecule has 1 aromatic heterocycles. The fraction of sp³-hybridized carbons (Fsp3) is 0.333. The predicted molar refractivity (Wildman–Crippen MR) is 49.2 cm³/mol. The minimum atomic E-state index is -5.13. The van der Waals surface area contributed by atoms with Crippen molar-refractivity contribution >= 4 is 5.97 Å². The smallest absolute Gasteiger partial charge is 0.495 e. The van der Waals surface area contributed by atoms with Crippen molar-refractivity contribution in [1.82, 2.24) is 4.98 Å². The summed E-state index contributed by atoms with van der Waals surface area (Å²) in [5.41, 5.74) is -1.36. The van der Waals surface area contributed by atoms with Crippen molar-refractivity contribution in [1.29, 1.82) is 0 Å². The van der Waals surface area contributed by atoms with Gasteiger partial charge in [-0.25, -0.2) is 14.2 Å². The molecule has 0 amide bonds. The van der Waals surface area contributed by atoms with Crippen molar-refractivity contribution in [2.24, 2.45) is 0 Å². The summed E-state index contributed by atoms with van der Waals surface area (Å²) in [6.07, 6.45) is -5.13. The molecule has 0 aliphatic rings. The molecule has 0 aliphatic carbocycles. The van der Waals surface area contributed by atoms with Crippen LogP contribution in [0.4, 0.5) is 17.6 Å². The fourth-order valence-corrected chi connectivity index (χ4v) is 1.13. The molecule has 0 saturated heterocycles. The van der Waals surface area contributed by atoms with Crippen molar-refractivity contribution in [3.63, 3.8) is 0 Å². The van der Waals surface area contributed by atoms with Crippen molar-refractivity contribution in [3.05, 3.63) is 17.3 Å². The van der Waals surface area contributed by atoms with E-state index in [-0.39, 0.29) is 5.75 Å². The quantitative estimate of drug-likeness (QED) is 0.848. The van der Waals surface area contributed by atoms with E-state index in [1.54, 1.807) is 0 Å². The van der Waals surface area contributed by atoms with Crippen LogP contribution in [0.15, 0.2) is 6.07 Å². The van der Waals surface area contributed by atoms with Gasteiger partial charge in [0.1, 0.15) is 23.7 Å². The van der Waals surface area contributed by atoms with Crippen LogP contribution in [0.25, 0.3) is 0 Å². The van der Waals surface area contributed by atoms with Gasteiger partial charge in [-0.05, 0) is 0 Å². The second-order valence-corrected chi connectivity index (χ2v) is 2.98. The summed E-state index contributed by atoms with van der Waals surface area (Å²) in [4.78, 5) is 13.9. The molecule has 0 spiro atoms. The number of pyridine rings is 1. The molecule has 18 heavy (non-hydrogen) atoms. The number of hydrogen-bond donors (Lipinski definition) is 1. The van der Waals surface area contributed by atoms with Gasteiger partial charge >= 0.3 is 12.3 Å². The first-order valence-corrected chi connectivity index (χ1v) is 4.41. The highest BCUT2D eigenvalue weighted by Gasteiger charge is 2.34. The number of hydrogen-bond acceptors (Lipinski definition) is 4. The first kappa shape index (κ1) is 14.0. The van der Waals surface area contributed by atoms with Crippen LogP contribution in [0.5, 0.6) is 11.6 Å². The van der Waals surface area contributed by atoms with Crippen LogP contribution >= 0.6 is 0 Å². The molecule has 1 N–H and O–H groups in total. The number of aromatic carboxylic acids is 1. The lowest BCUT2D eigenvalue weighted by Gasteiger charge is -2.13. The average Bonchev–Trinajstić information content (AvgIpc) is 2.25. The molecule has 1 rings (SSSR count). The topological polar surface area (TPSA) is 68.7 Å². The third-order valence-corrected chi connectivity index (χ3v) is 1.82. The standard InChI is InChI=1S/C9H7F4NO4/c1-17-6-2-4(8(15)16)7(14-5(6)3-10)18-9(11,12)13/h2H,3H2,1H3,(H,15,16). The van der Waals surface area contributed by atoms with E-state index in [4.69, 9.17) is 5.11 Å². The Morgan fingerprint density at radius 1 is 1.50 bits per heavy atom. The first-order valence-electron chi connectivity index (χ1n) is 4.41. The summed E-state index contributed by atoms with van der Waals surface area (Å²) in [5.74, 6) is -3.21. The van der Waals surface area contributed by atoms with Crippen molar-refractivity contribution in [3.8, 4) is 11.6 Å². The molecular formula is C9H7F4NO4. The lowest BCUT2D eigenvalue weighted by Crippen LogP contribution is -2.20. The van der Waals surface area contributed by atoms with Crippen molar-refractivity contribution in [2.45, 2.75) is 13.0 Å². The molecule has 0 radical (unpaired) electrons. The number of nitrogens with zero attached hydrogens (tertiary/aromatic N) is 1. The molecule has 9 heteroatoms. The number of aromatic nitrogens is 1. The maximum absolute atomic E-state index is 12.5. The van der Waals surface area contributed by atoms with Gasteiger partial charge in [-0.1, -0.05) is 0 Å². The number of carboxylic acids is 1. The lowest BCUT2D eigenvalue weighted by atomic mass is 10.2. The summed E-state index contributed by atoms with van der Waals surface area (Å²) >= 11 is 0. The molecule has 0 bridgehead atoms. The Hall–Kier alpha value is -2.06. The Labute approximate surface area is 98.0 Å². The Kier molecular flexibility index (Phi) is 3.94. The lowest BCUT2D eigenvalue weighted by molar-refractivity contribution is -0.276. The highest BCUT2D eigenvalue weighted by atomic mass is 19.4. The number of carboxylic acid groups (broad SMARTS) is 1. The Bertz CT molecular complexity index is 461. The highest BCUT2D eigenvalue weighted by molar-refractivity contribution is 5.90. The minimum Gasteiger partial charge on any atom is -0.495 e. The van der Waals surface area contributed by atoms with Gasteiger partial charge in [0, 0.05) is 6.07 Å². The van der Waals surface area contributed by atoms with E-state index in [1.807, 2.05) is 0 Å². The van der Waals surface area contributed by atoms with E-state index in [1.165, 1.54) is 0 Å². The monoisotopic (exact) mass is 269 g/mol. The average molecular weight is 269 g/mol. The largest absolute Gasteiger partial charge is 0.574 e. The molecule has 0 saturated carbocycles. The Morgan fingerprint density at radius 2 is 2.11 bits per heavy atom. The summed E-state index contributed by atoms with van der Waals surface area (Å²) in [7, 11) is 1.10. The van der Waals surface area contributed by atoms with Crippen LogP contribution in [0.2, 0.25) is 0 Å². The van der Waals surface area contributed by atoms with Crippen molar-refractivity contribution < 1.29 is 36.9 Å². The third-order valence-electron chi connectivity index (χ3n) is 1.82. The minimum absolute atomic E-state index is 0.274. The Morgan fingerprint density at radius 3 is 2.50 bits per heavy atom. The van der Waals surface area contributed by atoms with Crippen LogP contribution in [0, 0.1) is 0 Å². The number of rotatable bonds is 4.